The number of nitrogens with zero attached hydrogens (tertiary/aromatic N) is 2. The zero-order valence-electron chi connectivity index (χ0n) is 14.9. The molecule has 0 amide bonds. The first-order chi connectivity index (χ1) is 11.3. The van der Waals surface area contributed by atoms with Crippen LogP contribution in [-0.4, -0.2) is 50.3 Å². The summed E-state index contributed by atoms with van der Waals surface area (Å²) in [4.78, 5) is 5.70. The van der Waals surface area contributed by atoms with Gasteiger partial charge in [-0.25, -0.2) is 0 Å². The Bertz CT molecular complexity index is 494. The third kappa shape index (κ3) is 11.2. The number of alkyl halides is 3. The molecule has 144 valence electrons. The van der Waals surface area contributed by atoms with Crippen molar-refractivity contribution in [3.8, 4) is 0 Å². The van der Waals surface area contributed by atoms with E-state index in [1.54, 1.807) is 0 Å². The van der Waals surface area contributed by atoms with E-state index >= 15 is 0 Å². The number of rotatable bonds is 8. The van der Waals surface area contributed by atoms with Crippen LogP contribution in [0, 0.1) is 0 Å². The maximum atomic E-state index is 12.3. The molecule has 1 atom stereocenters. The van der Waals surface area contributed by atoms with Crippen molar-refractivity contribution in [1.82, 2.24) is 15.5 Å². The molecule has 0 bridgehead atoms. The van der Waals surface area contributed by atoms with Gasteiger partial charge in [0, 0.05) is 13.1 Å². The van der Waals surface area contributed by atoms with Crippen molar-refractivity contribution >= 4 is 29.9 Å². The number of guanidine groups is 1. The summed E-state index contributed by atoms with van der Waals surface area (Å²) in [6, 6.07) is 10.1. The van der Waals surface area contributed by atoms with Crippen LogP contribution >= 0.6 is 24.0 Å². The highest BCUT2D eigenvalue weighted by Crippen LogP contribution is 2.15. The second kappa shape index (κ2) is 12.3. The molecule has 8 heteroatoms. The van der Waals surface area contributed by atoms with Gasteiger partial charge in [-0.2, -0.15) is 13.2 Å². The minimum absolute atomic E-state index is 0. The third-order valence-electron chi connectivity index (χ3n) is 3.41. The molecule has 0 saturated heterocycles. The van der Waals surface area contributed by atoms with Gasteiger partial charge in [-0.1, -0.05) is 30.3 Å². The van der Waals surface area contributed by atoms with E-state index in [1.165, 1.54) is 11.9 Å². The van der Waals surface area contributed by atoms with Crippen LogP contribution in [0.4, 0.5) is 13.2 Å². The molecular weight excluding hydrogens is 444 g/mol. The zero-order valence-corrected chi connectivity index (χ0v) is 17.3. The Morgan fingerprint density at radius 3 is 2.44 bits per heavy atom. The van der Waals surface area contributed by atoms with Crippen molar-refractivity contribution < 1.29 is 13.2 Å². The molecule has 0 saturated carbocycles. The molecule has 4 nitrogen and oxygen atoms in total. The molecule has 0 heterocycles. The van der Waals surface area contributed by atoms with Crippen molar-refractivity contribution in [3.05, 3.63) is 35.9 Å². The van der Waals surface area contributed by atoms with Crippen LogP contribution in [0.5, 0.6) is 0 Å². The lowest BCUT2D eigenvalue weighted by Crippen LogP contribution is -2.39. The monoisotopic (exact) mass is 472 g/mol. The summed E-state index contributed by atoms with van der Waals surface area (Å²) in [5.41, 5.74) is 1.15. The van der Waals surface area contributed by atoms with E-state index in [1.807, 2.05) is 44.2 Å². The molecule has 0 aliphatic carbocycles. The maximum absolute atomic E-state index is 12.3. The smallest absolute Gasteiger partial charge is 0.357 e. The average Bonchev–Trinajstić information content (AvgIpc) is 2.50. The van der Waals surface area contributed by atoms with Gasteiger partial charge >= 0.3 is 6.18 Å². The predicted octanol–water partition coefficient (Wildman–Crippen LogP) is 3.80. The topological polar surface area (TPSA) is 39.7 Å². The maximum Gasteiger partial charge on any atom is 0.401 e. The van der Waals surface area contributed by atoms with Gasteiger partial charge in [-0.3, -0.25) is 9.89 Å². The van der Waals surface area contributed by atoms with Gasteiger partial charge < -0.3 is 10.6 Å². The summed E-state index contributed by atoms with van der Waals surface area (Å²) in [5.74, 6) is 0.673. The molecule has 1 aromatic carbocycles. The Morgan fingerprint density at radius 1 is 1.24 bits per heavy atom. The van der Waals surface area contributed by atoms with Gasteiger partial charge in [0.15, 0.2) is 5.96 Å². The molecule has 25 heavy (non-hydrogen) atoms. The Morgan fingerprint density at radius 2 is 1.88 bits per heavy atom. The molecule has 0 fully saturated rings. The lowest BCUT2D eigenvalue weighted by atomic mass is 10.1. The lowest BCUT2D eigenvalue weighted by Gasteiger charge is -2.19. The molecule has 1 unspecified atom stereocenters. The first kappa shape index (κ1) is 24.0. The fraction of sp³-hybridized carbons (Fsp3) is 0.588. The number of hydrogen-bond donors (Lipinski definition) is 2. The fourth-order valence-electron chi connectivity index (χ4n) is 2.27. The van der Waals surface area contributed by atoms with Crippen LogP contribution in [0.1, 0.15) is 31.9 Å². The largest absolute Gasteiger partial charge is 0.401 e. The molecule has 1 aromatic rings. The summed E-state index contributed by atoms with van der Waals surface area (Å²) >= 11 is 0. The molecule has 0 aliphatic rings. The average molecular weight is 472 g/mol. The first-order valence-corrected chi connectivity index (χ1v) is 8.17. The minimum atomic E-state index is -4.15. The number of nitrogens with one attached hydrogen (secondary N) is 2. The number of benzene rings is 1. The summed E-state index contributed by atoms with van der Waals surface area (Å²) in [6.45, 7) is 4.68. The van der Waals surface area contributed by atoms with Crippen LogP contribution < -0.4 is 10.6 Å². The molecule has 0 spiro atoms. The number of hydrogen-bond acceptors (Lipinski definition) is 2. The Labute approximate surface area is 165 Å². The van der Waals surface area contributed by atoms with Crippen LogP contribution in [0.2, 0.25) is 0 Å². The Hall–Kier alpha value is -1.03. The van der Waals surface area contributed by atoms with E-state index in [0.29, 0.717) is 25.5 Å². The van der Waals surface area contributed by atoms with E-state index < -0.39 is 12.7 Å². The van der Waals surface area contributed by atoms with E-state index in [4.69, 9.17) is 0 Å². The summed E-state index contributed by atoms with van der Waals surface area (Å²) < 4.78 is 36.8. The summed E-state index contributed by atoms with van der Waals surface area (Å²) in [5, 5.41) is 6.46. The Kier molecular flexibility index (Phi) is 11.8. The van der Waals surface area contributed by atoms with E-state index in [2.05, 4.69) is 15.6 Å². The van der Waals surface area contributed by atoms with Crippen LogP contribution in [-0.2, 0) is 0 Å². The molecule has 0 aliphatic heterocycles. The normalized spacial score (nSPS) is 13.3. The highest BCUT2D eigenvalue weighted by atomic mass is 127. The molecule has 2 N–H and O–H groups in total. The Balaban J connectivity index is 0.00000576. The number of halogens is 4. The quantitative estimate of drug-likeness (QED) is 0.262. The van der Waals surface area contributed by atoms with Gasteiger partial charge in [-0.15, -0.1) is 24.0 Å². The predicted molar refractivity (Wildman–Crippen MR) is 108 cm³/mol. The zero-order chi connectivity index (χ0) is 18.0. The molecule has 0 radical (unpaired) electrons. The first-order valence-electron chi connectivity index (χ1n) is 8.17. The second-order valence-corrected chi connectivity index (χ2v) is 5.74. The van der Waals surface area contributed by atoms with Crippen molar-refractivity contribution in [2.24, 2.45) is 4.99 Å². The van der Waals surface area contributed by atoms with Crippen molar-refractivity contribution in [2.45, 2.75) is 32.5 Å². The molecule has 1 rings (SSSR count). The van der Waals surface area contributed by atoms with Gasteiger partial charge in [0.1, 0.15) is 0 Å². The van der Waals surface area contributed by atoms with Gasteiger partial charge in [0.05, 0.1) is 12.6 Å². The lowest BCUT2D eigenvalue weighted by molar-refractivity contribution is -0.143. The molecule has 0 aromatic heterocycles. The van der Waals surface area contributed by atoms with Crippen LogP contribution in [0.15, 0.2) is 35.3 Å². The summed E-state index contributed by atoms with van der Waals surface area (Å²) in [7, 11) is 1.47. The highest BCUT2D eigenvalue weighted by Gasteiger charge is 2.28. The number of aliphatic imine (C=N–C) groups is 1. The van der Waals surface area contributed by atoms with Gasteiger partial charge in [0.25, 0.3) is 0 Å². The van der Waals surface area contributed by atoms with Crippen LogP contribution in [0.3, 0.4) is 0 Å². The minimum Gasteiger partial charge on any atom is -0.357 e. The second-order valence-electron chi connectivity index (χ2n) is 5.74. The summed E-state index contributed by atoms with van der Waals surface area (Å²) in [6.07, 6.45) is -3.58. The van der Waals surface area contributed by atoms with Gasteiger partial charge in [-0.05, 0) is 39.4 Å². The van der Waals surface area contributed by atoms with Crippen molar-refractivity contribution in [2.75, 3.05) is 33.2 Å². The van der Waals surface area contributed by atoms with E-state index in [-0.39, 0.29) is 30.0 Å². The van der Waals surface area contributed by atoms with E-state index in [0.717, 1.165) is 12.1 Å². The standard InChI is InChI=1S/C17H27F3N4.HI/c1-4-21-16(23-14(2)15-9-6-5-7-10-15)22-11-8-12-24(3)13-17(18,19)20;/h5-7,9-10,14H,4,8,11-13H2,1-3H3,(H2,21,22,23);1H. The van der Waals surface area contributed by atoms with Crippen molar-refractivity contribution in [3.63, 3.8) is 0 Å². The SMILES string of the molecule is CCNC(=NCCCN(C)CC(F)(F)F)NC(C)c1ccccc1.I. The highest BCUT2D eigenvalue weighted by molar-refractivity contribution is 14.0. The van der Waals surface area contributed by atoms with Crippen LogP contribution in [0.25, 0.3) is 0 Å². The van der Waals surface area contributed by atoms with Crippen molar-refractivity contribution in [1.29, 1.82) is 0 Å². The van der Waals surface area contributed by atoms with E-state index in [9.17, 15) is 13.2 Å². The fourth-order valence-corrected chi connectivity index (χ4v) is 2.27. The molecular formula is C17H28F3IN4. The third-order valence-corrected chi connectivity index (χ3v) is 3.41. The van der Waals surface area contributed by atoms with Gasteiger partial charge in [0.2, 0.25) is 0 Å².